The Hall–Kier alpha value is -3.84. The van der Waals surface area contributed by atoms with E-state index in [-0.39, 0.29) is 17.2 Å². The molecule has 232 valence electrons. The molecule has 4 aliphatic carbocycles. The van der Waals surface area contributed by atoms with E-state index in [4.69, 9.17) is 15.1 Å². The van der Waals surface area contributed by atoms with Gasteiger partial charge >= 0.3 is 0 Å². The van der Waals surface area contributed by atoms with E-state index < -0.39 is 11.8 Å². The molecule has 0 bridgehead atoms. The topological polar surface area (TPSA) is 83.6 Å². The Morgan fingerprint density at radius 3 is 2.58 bits per heavy atom. The molecule has 1 amide bonds. The van der Waals surface area contributed by atoms with Crippen LogP contribution in [0.15, 0.2) is 65.9 Å². The highest BCUT2D eigenvalue weighted by Gasteiger charge is 2.61. The van der Waals surface area contributed by atoms with Crippen LogP contribution in [0.25, 0.3) is 22.3 Å². The molecule has 1 saturated carbocycles. The highest BCUT2D eigenvalue weighted by atomic mass is 16.3. The van der Waals surface area contributed by atoms with Crippen molar-refractivity contribution >= 4 is 28.2 Å². The zero-order valence-electron chi connectivity index (χ0n) is 27.0. The van der Waals surface area contributed by atoms with Gasteiger partial charge in [0.05, 0.1) is 16.9 Å². The highest BCUT2D eigenvalue weighted by Crippen LogP contribution is 2.59. The number of aliphatic hydroxyl groups excluding tert-OH is 1. The molecule has 0 radical (unpaired) electrons. The van der Waals surface area contributed by atoms with Gasteiger partial charge in [0.15, 0.2) is 17.5 Å². The van der Waals surface area contributed by atoms with Crippen LogP contribution in [0.2, 0.25) is 0 Å². The van der Waals surface area contributed by atoms with Gasteiger partial charge in [0.2, 0.25) is 0 Å². The van der Waals surface area contributed by atoms with Crippen LogP contribution in [0.5, 0.6) is 0 Å². The third kappa shape index (κ3) is 4.33. The first-order valence-corrected chi connectivity index (χ1v) is 16.7. The smallest absolute Gasteiger partial charge is 0.253 e. The van der Waals surface area contributed by atoms with E-state index in [0.717, 1.165) is 88.9 Å². The number of aliphatic hydroxyl groups is 1. The average Bonchev–Trinajstić information content (AvgIpc) is 3.46. The van der Waals surface area contributed by atoms with E-state index in [1.807, 2.05) is 28.6 Å². The first-order chi connectivity index (χ1) is 21.6. The molecule has 0 saturated heterocycles. The second kappa shape index (κ2) is 10.1. The number of aryl methyl sites for hydroxylation is 2. The standard InChI is InChI=1S/C38H43N5O2/c1-22-11-16-29-31(17-22)36(45)42(35(29)44)38(20-37(4,5)21-38)28-14-12-26(13-15-28)32-30(25-9-7-6-8-10-25)18-27-19-39-33-23(2)24(3)41-43(33)34(27)40-32/h6-7,11-14,16,18-19,22,25,28,35,44H,8-10,15,17,20-21H2,1-5H3. The van der Waals surface area contributed by atoms with Gasteiger partial charge in [0, 0.05) is 34.2 Å². The zero-order valence-corrected chi connectivity index (χ0v) is 27.0. The van der Waals surface area contributed by atoms with Gasteiger partial charge in [-0.3, -0.25) is 4.79 Å². The minimum Gasteiger partial charge on any atom is -0.369 e. The Bertz CT molecular complexity index is 1910. The quantitative estimate of drug-likeness (QED) is 0.318. The van der Waals surface area contributed by atoms with Gasteiger partial charge in [0.1, 0.15) is 0 Å². The summed E-state index contributed by atoms with van der Waals surface area (Å²) >= 11 is 0. The predicted molar refractivity (Wildman–Crippen MR) is 177 cm³/mol. The van der Waals surface area contributed by atoms with Crippen LogP contribution in [0, 0.1) is 31.1 Å². The molecule has 1 aliphatic heterocycles. The molecule has 1 fully saturated rings. The number of amides is 1. The maximum absolute atomic E-state index is 14.0. The summed E-state index contributed by atoms with van der Waals surface area (Å²) in [7, 11) is 0. The molecule has 3 aromatic heterocycles. The summed E-state index contributed by atoms with van der Waals surface area (Å²) < 4.78 is 1.90. The summed E-state index contributed by atoms with van der Waals surface area (Å²) in [5, 5.41) is 17.4. The minimum absolute atomic E-state index is 0.0265. The van der Waals surface area contributed by atoms with Crippen molar-refractivity contribution in [2.24, 2.45) is 17.3 Å². The molecule has 4 unspecified atom stereocenters. The van der Waals surface area contributed by atoms with E-state index in [9.17, 15) is 9.90 Å². The first-order valence-electron chi connectivity index (χ1n) is 16.7. The van der Waals surface area contributed by atoms with Crippen molar-refractivity contribution in [1.82, 2.24) is 24.5 Å². The third-order valence-electron chi connectivity index (χ3n) is 11.2. The fourth-order valence-corrected chi connectivity index (χ4v) is 9.02. The number of pyridine rings is 1. The van der Waals surface area contributed by atoms with E-state index >= 15 is 0 Å². The van der Waals surface area contributed by atoms with Crippen molar-refractivity contribution in [2.75, 3.05) is 0 Å². The number of rotatable bonds is 4. The number of aromatic nitrogens is 4. The first kappa shape index (κ1) is 28.6. The molecular weight excluding hydrogens is 558 g/mol. The molecule has 45 heavy (non-hydrogen) atoms. The van der Waals surface area contributed by atoms with Crippen LogP contribution in [0.1, 0.15) is 94.1 Å². The van der Waals surface area contributed by atoms with Gasteiger partial charge in [0.25, 0.3) is 5.91 Å². The van der Waals surface area contributed by atoms with Crippen molar-refractivity contribution in [3.05, 3.63) is 88.5 Å². The molecule has 8 rings (SSSR count). The monoisotopic (exact) mass is 601 g/mol. The van der Waals surface area contributed by atoms with Gasteiger partial charge in [-0.25, -0.2) is 9.97 Å². The molecule has 5 aliphatic rings. The molecular formula is C38H43N5O2. The van der Waals surface area contributed by atoms with E-state index in [1.54, 1.807) is 0 Å². The van der Waals surface area contributed by atoms with Crippen LogP contribution < -0.4 is 0 Å². The van der Waals surface area contributed by atoms with Crippen molar-refractivity contribution in [3.8, 4) is 0 Å². The predicted octanol–water partition coefficient (Wildman–Crippen LogP) is 7.29. The number of hydrogen-bond donors (Lipinski definition) is 1. The second-order valence-corrected chi connectivity index (χ2v) is 15.0. The highest BCUT2D eigenvalue weighted by molar-refractivity contribution is 5.99. The van der Waals surface area contributed by atoms with Gasteiger partial charge in [-0.15, -0.1) is 0 Å². The van der Waals surface area contributed by atoms with E-state index in [1.165, 1.54) is 5.56 Å². The average molecular weight is 602 g/mol. The van der Waals surface area contributed by atoms with E-state index in [2.05, 4.69) is 70.2 Å². The molecule has 7 nitrogen and oxygen atoms in total. The second-order valence-electron chi connectivity index (χ2n) is 15.0. The largest absolute Gasteiger partial charge is 0.369 e. The van der Waals surface area contributed by atoms with Crippen molar-refractivity contribution in [2.45, 2.75) is 97.2 Å². The number of allylic oxidation sites excluding steroid dienone is 6. The lowest BCUT2D eigenvalue weighted by molar-refractivity contribution is -0.168. The normalized spacial score (nSPS) is 28.6. The van der Waals surface area contributed by atoms with Crippen LogP contribution in [-0.2, 0) is 4.79 Å². The van der Waals surface area contributed by atoms with Crippen molar-refractivity contribution in [3.63, 3.8) is 0 Å². The van der Waals surface area contributed by atoms with E-state index in [0.29, 0.717) is 18.3 Å². The number of carbonyl (C=O) groups excluding carboxylic acids is 1. The fourth-order valence-electron chi connectivity index (χ4n) is 9.02. The maximum atomic E-state index is 14.0. The maximum Gasteiger partial charge on any atom is 0.253 e. The summed E-state index contributed by atoms with van der Waals surface area (Å²) in [6, 6.07) is 2.29. The van der Waals surface area contributed by atoms with Gasteiger partial charge in [-0.2, -0.15) is 9.61 Å². The Morgan fingerprint density at radius 1 is 1.04 bits per heavy atom. The van der Waals surface area contributed by atoms with Crippen molar-refractivity contribution < 1.29 is 9.90 Å². The van der Waals surface area contributed by atoms with Crippen LogP contribution >= 0.6 is 0 Å². The van der Waals surface area contributed by atoms with Gasteiger partial charge in [-0.1, -0.05) is 63.3 Å². The number of fused-ring (bicyclic) bond motifs is 3. The SMILES string of the molecule is Cc1nn2c(ncc3cc(C4CC=CCC4)c(C4=CCC(C5(N6C(=O)C7=C(C=CC(C)C7)C6O)CC(C)(C)C5)C=C4)nc32)c1C. The lowest BCUT2D eigenvalue weighted by atomic mass is 9.53. The lowest BCUT2D eigenvalue weighted by Crippen LogP contribution is -2.67. The summed E-state index contributed by atoms with van der Waals surface area (Å²) in [6.07, 6.45) is 23.1. The number of nitrogens with zero attached hydrogens (tertiary/aromatic N) is 5. The Balaban J connectivity index is 1.18. The van der Waals surface area contributed by atoms with Crippen LogP contribution in [0.3, 0.4) is 0 Å². The zero-order chi connectivity index (χ0) is 31.2. The Labute approximate surface area is 265 Å². The van der Waals surface area contributed by atoms with Crippen molar-refractivity contribution in [1.29, 1.82) is 0 Å². The summed E-state index contributed by atoms with van der Waals surface area (Å²) in [4.78, 5) is 25.9. The molecule has 7 heteroatoms. The Kier molecular flexibility index (Phi) is 6.41. The molecule has 4 atom stereocenters. The molecule has 4 heterocycles. The number of carbonyl (C=O) groups is 1. The summed E-state index contributed by atoms with van der Waals surface area (Å²) in [5.41, 5.74) is 8.44. The van der Waals surface area contributed by atoms with Gasteiger partial charge < -0.3 is 10.0 Å². The Morgan fingerprint density at radius 2 is 1.87 bits per heavy atom. The van der Waals surface area contributed by atoms with Crippen LogP contribution in [0.4, 0.5) is 0 Å². The summed E-state index contributed by atoms with van der Waals surface area (Å²) in [5.74, 6) is 0.849. The third-order valence-corrected chi connectivity index (χ3v) is 11.2. The molecule has 3 aromatic rings. The lowest BCUT2D eigenvalue weighted by Gasteiger charge is -2.61. The number of hydrogen-bond acceptors (Lipinski definition) is 5. The molecule has 0 aromatic carbocycles. The fraction of sp³-hybridized carbons (Fsp3) is 0.474. The molecule has 1 N–H and O–H groups in total. The summed E-state index contributed by atoms with van der Waals surface area (Å²) in [6.45, 7) is 10.8. The minimum atomic E-state index is -0.878. The molecule has 0 spiro atoms. The van der Waals surface area contributed by atoms with Gasteiger partial charge in [-0.05, 0) is 93.2 Å². The van der Waals surface area contributed by atoms with Crippen LogP contribution in [-0.4, -0.2) is 47.3 Å².